The van der Waals surface area contributed by atoms with Gasteiger partial charge in [-0.25, -0.2) is 4.79 Å². The number of carboxylic acid groups (broad SMARTS) is 1. The Morgan fingerprint density at radius 3 is 2.50 bits per heavy atom. The molecule has 20 heavy (non-hydrogen) atoms. The highest BCUT2D eigenvalue weighted by Crippen LogP contribution is 2.21. The number of carboxylic acids is 1. The predicted octanol–water partition coefficient (Wildman–Crippen LogP) is 4.52. The van der Waals surface area contributed by atoms with Crippen molar-refractivity contribution in [2.75, 3.05) is 0 Å². The van der Waals surface area contributed by atoms with E-state index in [0.717, 1.165) is 15.6 Å². The summed E-state index contributed by atoms with van der Waals surface area (Å²) in [5, 5.41) is 9.56. The first-order chi connectivity index (χ1) is 9.58. The third-order valence-electron chi connectivity index (χ3n) is 2.77. The molecule has 0 amide bonds. The normalized spacial score (nSPS) is 10.5. The summed E-state index contributed by atoms with van der Waals surface area (Å²) in [6.07, 6.45) is 0. The van der Waals surface area contributed by atoms with Crippen LogP contribution in [0.5, 0.6) is 0 Å². The predicted molar refractivity (Wildman–Crippen MR) is 81.0 cm³/mol. The summed E-state index contributed by atoms with van der Waals surface area (Å²) >= 11 is 9.39. The molecule has 0 aliphatic carbocycles. The average Bonchev–Trinajstić information content (AvgIpc) is 2.42. The van der Waals surface area contributed by atoms with Crippen LogP contribution in [0.1, 0.15) is 21.5 Å². The van der Waals surface area contributed by atoms with Crippen molar-refractivity contribution < 1.29 is 14.6 Å². The van der Waals surface area contributed by atoms with Gasteiger partial charge in [-0.15, -0.1) is 0 Å². The summed E-state index contributed by atoms with van der Waals surface area (Å²) in [6.45, 7) is 0.790. The van der Waals surface area contributed by atoms with Crippen LogP contribution in [0, 0.1) is 0 Å². The van der Waals surface area contributed by atoms with Gasteiger partial charge in [0.2, 0.25) is 0 Å². The van der Waals surface area contributed by atoms with Gasteiger partial charge < -0.3 is 9.84 Å². The molecule has 3 nitrogen and oxygen atoms in total. The van der Waals surface area contributed by atoms with E-state index in [1.54, 1.807) is 18.2 Å². The molecule has 0 aromatic heterocycles. The minimum Gasteiger partial charge on any atom is -0.478 e. The lowest BCUT2D eigenvalue weighted by Crippen LogP contribution is -1.99. The Hall–Kier alpha value is -1.36. The summed E-state index contributed by atoms with van der Waals surface area (Å²) in [5.41, 5.74) is 2.06. The molecular weight excluding hydrogens is 344 g/mol. The van der Waals surface area contributed by atoms with Crippen molar-refractivity contribution in [2.45, 2.75) is 13.2 Å². The van der Waals surface area contributed by atoms with Gasteiger partial charge in [-0.3, -0.25) is 0 Å². The van der Waals surface area contributed by atoms with Crippen molar-refractivity contribution in [1.82, 2.24) is 0 Å². The molecule has 0 bridgehead atoms. The molecule has 0 atom stereocenters. The first kappa shape index (κ1) is 15.0. The molecule has 2 aromatic carbocycles. The molecule has 0 fully saturated rings. The summed E-state index contributed by atoms with van der Waals surface area (Å²) < 4.78 is 6.32. The molecule has 5 heteroatoms. The lowest BCUT2D eigenvalue weighted by Gasteiger charge is -2.08. The number of hydrogen-bond donors (Lipinski definition) is 1. The molecule has 2 aromatic rings. The molecular formula is C15H12BrClO3. The molecule has 1 N–H and O–H groups in total. The van der Waals surface area contributed by atoms with Gasteiger partial charge in [0, 0.05) is 9.50 Å². The monoisotopic (exact) mass is 354 g/mol. The number of halogens is 2. The van der Waals surface area contributed by atoms with E-state index in [-0.39, 0.29) is 5.56 Å². The molecule has 0 aliphatic rings. The van der Waals surface area contributed by atoms with Gasteiger partial charge in [0.05, 0.1) is 18.8 Å². The smallest absolute Gasteiger partial charge is 0.335 e. The largest absolute Gasteiger partial charge is 0.478 e. The van der Waals surface area contributed by atoms with Crippen molar-refractivity contribution in [3.8, 4) is 0 Å². The summed E-state index contributed by atoms with van der Waals surface area (Å²) in [4.78, 5) is 10.8. The number of aromatic carboxylic acids is 1. The number of hydrogen-bond acceptors (Lipinski definition) is 2. The topological polar surface area (TPSA) is 46.5 Å². The second kappa shape index (κ2) is 6.88. The second-order valence-corrected chi connectivity index (χ2v) is 5.46. The van der Waals surface area contributed by atoms with Crippen molar-refractivity contribution in [1.29, 1.82) is 0 Å². The van der Waals surface area contributed by atoms with E-state index in [4.69, 9.17) is 21.4 Å². The maximum absolute atomic E-state index is 10.8. The zero-order valence-corrected chi connectivity index (χ0v) is 12.8. The Balaban J connectivity index is 1.98. The van der Waals surface area contributed by atoms with Gasteiger partial charge in [0.25, 0.3) is 0 Å². The number of carbonyl (C=O) groups is 1. The Morgan fingerprint density at radius 2 is 1.85 bits per heavy atom. The Labute approximate surface area is 130 Å². The van der Waals surface area contributed by atoms with Gasteiger partial charge in [-0.05, 0) is 29.3 Å². The molecule has 0 radical (unpaired) electrons. The average molecular weight is 356 g/mol. The number of benzene rings is 2. The van der Waals surface area contributed by atoms with Crippen LogP contribution in [0.2, 0.25) is 5.02 Å². The summed E-state index contributed by atoms with van der Waals surface area (Å²) in [5.74, 6) is -0.950. The fourth-order valence-electron chi connectivity index (χ4n) is 1.68. The Kier molecular flexibility index (Phi) is 5.17. The minimum absolute atomic E-state index is 0.242. The fourth-order valence-corrected chi connectivity index (χ4v) is 2.37. The minimum atomic E-state index is -0.950. The van der Waals surface area contributed by atoms with E-state index in [9.17, 15) is 4.79 Å². The van der Waals surface area contributed by atoms with Crippen molar-refractivity contribution in [3.05, 3.63) is 68.7 Å². The SMILES string of the molecule is O=C(O)c1ccc(COCc2ccccc2Cl)c(Br)c1. The van der Waals surface area contributed by atoms with E-state index >= 15 is 0 Å². The highest BCUT2D eigenvalue weighted by molar-refractivity contribution is 9.10. The quantitative estimate of drug-likeness (QED) is 0.858. The van der Waals surface area contributed by atoms with Gasteiger partial charge in [-0.1, -0.05) is 51.8 Å². The van der Waals surface area contributed by atoms with Gasteiger partial charge >= 0.3 is 5.97 Å². The van der Waals surface area contributed by atoms with Crippen LogP contribution in [0.4, 0.5) is 0 Å². The zero-order valence-electron chi connectivity index (χ0n) is 10.5. The second-order valence-electron chi connectivity index (χ2n) is 4.20. The Bertz CT molecular complexity index is 628. The molecule has 0 saturated heterocycles. The molecule has 0 saturated carbocycles. The van der Waals surface area contributed by atoms with Crippen LogP contribution >= 0.6 is 27.5 Å². The number of rotatable bonds is 5. The standard InChI is InChI=1S/C15H12BrClO3/c16-13-7-10(15(18)19)5-6-11(13)8-20-9-12-3-1-2-4-14(12)17/h1-7H,8-9H2,(H,18,19). The highest BCUT2D eigenvalue weighted by atomic mass is 79.9. The van der Waals surface area contributed by atoms with E-state index in [1.807, 2.05) is 24.3 Å². The van der Waals surface area contributed by atoms with Crippen molar-refractivity contribution in [2.24, 2.45) is 0 Å². The lowest BCUT2D eigenvalue weighted by atomic mass is 10.1. The van der Waals surface area contributed by atoms with E-state index in [0.29, 0.717) is 18.2 Å². The molecule has 0 heterocycles. The van der Waals surface area contributed by atoms with E-state index < -0.39 is 5.97 Å². The van der Waals surface area contributed by atoms with Gasteiger partial charge in [-0.2, -0.15) is 0 Å². The van der Waals surface area contributed by atoms with Gasteiger partial charge in [0.1, 0.15) is 0 Å². The van der Waals surface area contributed by atoms with Crippen LogP contribution in [-0.4, -0.2) is 11.1 Å². The molecule has 0 spiro atoms. The maximum Gasteiger partial charge on any atom is 0.335 e. The molecule has 0 aliphatic heterocycles. The maximum atomic E-state index is 10.8. The lowest BCUT2D eigenvalue weighted by molar-refractivity contribution is 0.0696. The number of ether oxygens (including phenoxy) is 1. The van der Waals surface area contributed by atoms with Gasteiger partial charge in [0.15, 0.2) is 0 Å². The summed E-state index contributed by atoms with van der Waals surface area (Å²) in [7, 11) is 0. The van der Waals surface area contributed by atoms with Crippen LogP contribution in [0.3, 0.4) is 0 Å². The Morgan fingerprint density at radius 1 is 1.15 bits per heavy atom. The zero-order chi connectivity index (χ0) is 14.5. The molecule has 104 valence electrons. The highest BCUT2D eigenvalue weighted by Gasteiger charge is 2.07. The summed E-state index contributed by atoms with van der Waals surface area (Å²) in [6, 6.07) is 12.4. The van der Waals surface area contributed by atoms with Crippen LogP contribution in [0.25, 0.3) is 0 Å². The first-order valence-corrected chi connectivity index (χ1v) is 7.08. The molecule has 2 rings (SSSR count). The van der Waals surface area contributed by atoms with Crippen LogP contribution in [0.15, 0.2) is 46.9 Å². The van der Waals surface area contributed by atoms with E-state index in [1.165, 1.54) is 0 Å². The fraction of sp³-hybridized carbons (Fsp3) is 0.133. The first-order valence-electron chi connectivity index (χ1n) is 5.91. The molecule has 0 unspecified atom stereocenters. The van der Waals surface area contributed by atoms with Crippen LogP contribution in [-0.2, 0) is 18.0 Å². The van der Waals surface area contributed by atoms with Crippen molar-refractivity contribution >= 4 is 33.5 Å². The van der Waals surface area contributed by atoms with E-state index in [2.05, 4.69) is 15.9 Å². The van der Waals surface area contributed by atoms with Crippen molar-refractivity contribution in [3.63, 3.8) is 0 Å². The third-order valence-corrected chi connectivity index (χ3v) is 3.88. The van der Waals surface area contributed by atoms with Crippen LogP contribution < -0.4 is 0 Å². The third kappa shape index (κ3) is 3.82.